The lowest BCUT2D eigenvalue weighted by molar-refractivity contribution is -0.119. The molecule has 1 fully saturated rings. The van der Waals surface area contributed by atoms with Crippen LogP contribution < -0.4 is 10.2 Å². The molecule has 2 aliphatic heterocycles. The van der Waals surface area contributed by atoms with Crippen LogP contribution in [-0.4, -0.2) is 40.9 Å². The van der Waals surface area contributed by atoms with Crippen molar-refractivity contribution in [2.75, 3.05) is 18.1 Å². The molecule has 0 radical (unpaired) electrons. The Morgan fingerprint density at radius 3 is 2.88 bits per heavy atom. The summed E-state index contributed by atoms with van der Waals surface area (Å²) < 4.78 is 7.36. The molecule has 0 unspecified atom stereocenters. The highest BCUT2D eigenvalue weighted by atomic mass is 16.5. The highest BCUT2D eigenvalue weighted by Crippen LogP contribution is 2.23. The van der Waals surface area contributed by atoms with Crippen LogP contribution in [0.2, 0.25) is 0 Å². The van der Waals surface area contributed by atoms with E-state index in [2.05, 4.69) is 10.4 Å². The number of aryl methyl sites for hydroxylation is 1. The largest absolute Gasteiger partial charge is 0.376 e. The summed E-state index contributed by atoms with van der Waals surface area (Å²) in [4.78, 5) is 26.2. The van der Waals surface area contributed by atoms with Gasteiger partial charge in [-0.1, -0.05) is 12.1 Å². The number of hydrogen-bond donors (Lipinski definition) is 1. The molecule has 0 bridgehead atoms. The smallest absolute Gasteiger partial charge is 0.251 e. The quantitative estimate of drug-likeness (QED) is 0.887. The minimum Gasteiger partial charge on any atom is -0.376 e. The van der Waals surface area contributed by atoms with Crippen LogP contribution in [0.3, 0.4) is 0 Å². The number of ether oxygens (including phenoxy) is 1. The van der Waals surface area contributed by atoms with Crippen molar-refractivity contribution in [3.05, 3.63) is 47.7 Å². The monoisotopic (exact) mass is 354 g/mol. The van der Waals surface area contributed by atoms with E-state index < -0.39 is 0 Å². The molecule has 7 heteroatoms. The van der Waals surface area contributed by atoms with Crippen molar-refractivity contribution in [3.8, 4) is 0 Å². The second kappa shape index (κ2) is 7.29. The third-order valence-electron chi connectivity index (χ3n) is 4.88. The first-order valence-electron chi connectivity index (χ1n) is 9.01. The third-order valence-corrected chi connectivity index (χ3v) is 4.88. The SMILES string of the molecule is O=C(NC[C@@H]1CCCO1)c1ccc(CN2C(=O)CCn3nccc32)cc1. The van der Waals surface area contributed by atoms with E-state index in [0.29, 0.717) is 31.6 Å². The van der Waals surface area contributed by atoms with Gasteiger partial charge in [-0.15, -0.1) is 0 Å². The Balaban J connectivity index is 1.38. The summed E-state index contributed by atoms with van der Waals surface area (Å²) >= 11 is 0. The number of fused-ring (bicyclic) bond motifs is 1. The molecule has 1 aromatic heterocycles. The van der Waals surface area contributed by atoms with Gasteiger partial charge in [0, 0.05) is 31.2 Å². The van der Waals surface area contributed by atoms with Crippen LogP contribution in [0, 0.1) is 0 Å². The van der Waals surface area contributed by atoms with E-state index in [4.69, 9.17) is 4.74 Å². The summed E-state index contributed by atoms with van der Waals surface area (Å²) in [6, 6.07) is 9.23. The van der Waals surface area contributed by atoms with Gasteiger partial charge in [-0.05, 0) is 30.5 Å². The lowest BCUT2D eigenvalue weighted by Gasteiger charge is -2.27. The van der Waals surface area contributed by atoms with Crippen LogP contribution in [0.4, 0.5) is 5.82 Å². The average Bonchev–Trinajstić information content (AvgIpc) is 3.34. The number of hydrogen-bond acceptors (Lipinski definition) is 4. The van der Waals surface area contributed by atoms with Crippen LogP contribution in [-0.2, 0) is 22.6 Å². The summed E-state index contributed by atoms with van der Waals surface area (Å²) in [5.74, 6) is 0.815. The van der Waals surface area contributed by atoms with Crippen molar-refractivity contribution in [3.63, 3.8) is 0 Å². The van der Waals surface area contributed by atoms with Gasteiger partial charge in [0.1, 0.15) is 5.82 Å². The van der Waals surface area contributed by atoms with E-state index in [-0.39, 0.29) is 17.9 Å². The van der Waals surface area contributed by atoms with Gasteiger partial charge in [-0.3, -0.25) is 14.5 Å². The molecule has 1 saturated heterocycles. The highest BCUT2D eigenvalue weighted by Gasteiger charge is 2.24. The molecular weight excluding hydrogens is 332 g/mol. The Bertz CT molecular complexity index is 793. The number of carbonyl (C=O) groups excluding carboxylic acids is 2. The minimum atomic E-state index is -0.0980. The number of nitrogens with one attached hydrogen (secondary N) is 1. The fourth-order valence-corrected chi connectivity index (χ4v) is 3.42. The van der Waals surface area contributed by atoms with Crippen LogP contribution in [0.1, 0.15) is 35.2 Å². The van der Waals surface area contributed by atoms with E-state index in [0.717, 1.165) is 30.8 Å². The van der Waals surface area contributed by atoms with Crippen LogP contribution in [0.25, 0.3) is 0 Å². The van der Waals surface area contributed by atoms with E-state index >= 15 is 0 Å². The normalized spacial score (nSPS) is 19.5. The van der Waals surface area contributed by atoms with Crippen LogP contribution in [0.5, 0.6) is 0 Å². The van der Waals surface area contributed by atoms with Gasteiger partial charge in [-0.25, -0.2) is 4.68 Å². The lowest BCUT2D eigenvalue weighted by Crippen LogP contribution is -2.37. The molecule has 1 atom stereocenters. The van der Waals surface area contributed by atoms with E-state index in [1.165, 1.54) is 0 Å². The Labute approximate surface area is 151 Å². The molecule has 0 saturated carbocycles. The highest BCUT2D eigenvalue weighted by molar-refractivity contribution is 5.95. The first kappa shape index (κ1) is 16.8. The number of carbonyl (C=O) groups is 2. The maximum atomic E-state index is 12.3. The number of rotatable bonds is 5. The molecular formula is C19H22N4O3. The van der Waals surface area contributed by atoms with Gasteiger partial charge in [0.25, 0.3) is 5.91 Å². The molecule has 0 aliphatic carbocycles. The zero-order chi connectivity index (χ0) is 17.9. The van der Waals surface area contributed by atoms with Gasteiger partial charge in [0.05, 0.1) is 25.4 Å². The van der Waals surface area contributed by atoms with Gasteiger partial charge in [-0.2, -0.15) is 5.10 Å². The number of amides is 2. The fourth-order valence-electron chi connectivity index (χ4n) is 3.42. The molecule has 2 aromatic rings. The summed E-state index contributed by atoms with van der Waals surface area (Å²) in [5, 5.41) is 7.15. The minimum absolute atomic E-state index is 0.0939. The first-order chi connectivity index (χ1) is 12.7. The maximum Gasteiger partial charge on any atom is 0.251 e. The molecule has 26 heavy (non-hydrogen) atoms. The zero-order valence-electron chi connectivity index (χ0n) is 14.6. The molecule has 0 spiro atoms. The van der Waals surface area contributed by atoms with Crippen molar-refractivity contribution in [2.24, 2.45) is 0 Å². The molecule has 136 valence electrons. The Hall–Kier alpha value is -2.67. The summed E-state index contributed by atoms with van der Waals surface area (Å²) in [6.07, 6.45) is 4.36. The van der Waals surface area contributed by atoms with Crippen molar-refractivity contribution < 1.29 is 14.3 Å². The van der Waals surface area contributed by atoms with Crippen molar-refractivity contribution in [1.29, 1.82) is 0 Å². The third kappa shape index (κ3) is 3.48. The fraction of sp³-hybridized carbons (Fsp3) is 0.421. The maximum absolute atomic E-state index is 12.3. The Morgan fingerprint density at radius 1 is 1.27 bits per heavy atom. The van der Waals surface area contributed by atoms with E-state index in [9.17, 15) is 9.59 Å². The standard InChI is InChI=1S/C19H22N4O3/c24-18-8-10-23-17(7-9-21-23)22(18)13-14-3-5-15(6-4-14)19(25)20-12-16-2-1-11-26-16/h3-7,9,16H,1-2,8,10-13H2,(H,20,25)/t16-/m0/s1. The predicted molar refractivity (Wildman–Crippen MR) is 95.8 cm³/mol. The van der Waals surface area contributed by atoms with E-state index in [1.54, 1.807) is 23.2 Å². The molecule has 3 heterocycles. The summed E-state index contributed by atoms with van der Waals surface area (Å²) in [7, 11) is 0. The molecule has 4 rings (SSSR count). The second-order valence-corrected chi connectivity index (χ2v) is 6.68. The summed E-state index contributed by atoms with van der Waals surface area (Å²) in [6.45, 7) is 2.43. The van der Waals surface area contributed by atoms with Gasteiger partial charge in [0.2, 0.25) is 5.91 Å². The number of nitrogens with zero attached hydrogens (tertiary/aromatic N) is 3. The van der Waals surface area contributed by atoms with E-state index in [1.807, 2.05) is 22.9 Å². The van der Waals surface area contributed by atoms with Crippen LogP contribution in [0.15, 0.2) is 36.5 Å². The van der Waals surface area contributed by atoms with Crippen molar-refractivity contribution >= 4 is 17.6 Å². The molecule has 7 nitrogen and oxygen atoms in total. The number of aromatic nitrogens is 2. The molecule has 2 amide bonds. The Kier molecular flexibility index (Phi) is 4.71. The van der Waals surface area contributed by atoms with Crippen LogP contribution >= 0.6 is 0 Å². The topological polar surface area (TPSA) is 76.5 Å². The van der Waals surface area contributed by atoms with Crippen molar-refractivity contribution in [2.45, 2.75) is 38.5 Å². The van der Waals surface area contributed by atoms with Crippen molar-refractivity contribution in [1.82, 2.24) is 15.1 Å². The van der Waals surface area contributed by atoms with Gasteiger partial charge in [0.15, 0.2) is 0 Å². The lowest BCUT2D eigenvalue weighted by atomic mass is 10.1. The molecule has 1 N–H and O–H groups in total. The summed E-state index contributed by atoms with van der Waals surface area (Å²) in [5.41, 5.74) is 1.59. The average molecular weight is 354 g/mol. The molecule has 1 aromatic carbocycles. The zero-order valence-corrected chi connectivity index (χ0v) is 14.6. The second-order valence-electron chi connectivity index (χ2n) is 6.68. The molecule has 2 aliphatic rings. The number of benzene rings is 1. The predicted octanol–water partition coefficient (Wildman–Crippen LogP) is 1.73. The van der Waals surface area contributed by atoms with Gasteiger partial charge >= 0.3 is 0 Å². The van der Waals surface area contributed by atoms with Gasteiger partial charge < -0.3 is 10.1 Å². The first-order valence-corrected chi connectivity index (χ1v) is 9.01. The number of anilines is 1. The Morgan fingerprint density at radius 2 is 2.12 bits per heavy atom.